The molecule has 2 aromatic rings. The molecule has 0 fully saturated rings. The zero-order valence-corrected chi connectivity index (χ0v) is 9.51. The highest BCUT2D eigenvalue weighted by Gasteiger charge is 2.07. The Bertz CT molecular complexity index is 536. The van der Waals surface area contributed by atoms with Crippen LogP contribution >= 0.6 is 11.8 Å². The largest absolute Gasteiger partial charge is 0.330 e. The van der Waals surface area contributed by atoms with Crippen molar-refractivity contribution >= 4 is 22.8 Å². The van der Waals surface area contributed by atoms with Crippen molar-refractivity contribution in [2.75, 3.05) is 6.26 Å². The van der Waals surface area contributed by atoms with Crippen LogP contribution in [0.2, 0.25) is 0 Å². The summed E-state index contributed by atoms with van der Waals surface area (Å²) in [6.45, 7) is 0. The molecule has 1 aromatic carbocycles. The number of benzene rings is 1. The third kappa shape index (κ3) is 1.71. The first-order valence-corrected chi connectivity index (χ1v) is 6.00. The maximum absolute atomic E-state index is 8.79. The molecule has 2 rings (SSSR count). The predicted octanol–water partition coefficient (Wildman–Crippen LogP) is 2.31. The summed E-state index contributed by atoms with van der Waals surface area (Å²) in [6.07, 6.45) is 2.06. The molecule has 3 nitrogen and oxygen atoms in total. The van der Waals surface area contributed by atoms with Crippen LogP contribution < -0.4 is 0 Å². The lowest BCUT2D eigenvalue weighted by molar-refractivity contribution is 0.877. The van der Waals surface area contributed by atoms with Crippen LogP contribution in [-0.2, 0) is 12.8 Å². The zero-order chi connectivity index (χ0) is 10.8. The van der Waals surface area contributed by atoms with Crippen LogP contribution in [0, 0.1) is 11.3 Å². The molecule has 4 heteroatoms. The number of nitriles is 1. The SMILES string of the molecule is CSCc1nc2cc(C#N)ccc2n1C. The van der Waals surface area contributed by atoms with Crippen molar-refractivity contribution < 1.29 is 0 Å². The highest BCUT2D eigenvalue weighted by molar-refractivity contribution is 7.97. The number of thioether (sulfide) groups is 1. The average Bonchev–Trinajstić information content (AvgIpc) is 2.56. The second-order valence-corrected chi connectivity index (χ2v) is 4.20. The third-order valence-electron chi connectivity index (χ3n) is 2.38. The van der Waals surface area contributed by atoms with Gasteiger partial charge in [0.2, 0.25) is 0 Å². The maximum Gasteiger partial charge on any atom is 0.119 e. The number of fused-ring (bicyclic) bond motifs is 1. The minimum absolute atomic E-state index is 0.663. The number of imidazole rings is 1. The van der Waals surface area contributed by atoms with Gasteiger partial charge >= 0.3 is 0 Å². The number of aromatic nitrogens is 2. The molecule has 0 aliphatic carbocycles. The smallest absolute Gasteiger partial charge is 0.119 e. The van der Waals surface area contributed by atoms with E-state index in [4.69, 9.17) is 5.26 Å². The second kappa shape index (κ2) is 3.95. The van der Waals surface area contributed by atoms with Gasteiger partial charge in [-0.15, -0.1) is 0 Å². The summed E-state index contributed by atoms with van der Waals surface area (Å²) in [7, 11) is 2.01. The minimum Gasteiger partial charge on any atom is -0.330 e. The zero-order valence-electron chi connectivity index (χ0n) is 8.69. The molecule has 15 heavy (non-hydrogen) atoms. The fourth-order valence-electron chi connectivity index (χ4n) is 1.58. The molecule has 0 aliphatic heterocycles. The van der Waals surface area contributed by atoms with Crippen LogP contribution in [0.15, 0.2) is 18.2 Å². The first-order valence-electron chi connectivity index (χ1n) is 4.60. The second-order valence-electron chi connectivity index (χ2n) is 3.34. The first kappa shape index (κ1) is 10.1. The van der Waals surface area contributed by atoms with E-state index in [-0.39, 0.29) is 0 Å². The summed E-state index contributed by atoms with van der Waals surface area (Å²) in [5.74, 6) is 1.94. The molecule has 0 saturated carbocycles. The molecule has 0 aliphatic rings. The van der Waals surface area contributed by atoms with E-state index in [0.29, 0.717) is 5.56 Å². The average molecular weight is 217 g/mol. The topological polar surface area (TPSA) is 41.6 Å². The molecule has 0 radical (unpaired) electrons. The van der Waals surface area contributed by atoms with E-state index in [9.17, 15) is 0 Å². The molecular weight excluding hydrogens is 206 g/mol. The quantitative estimate of drug-likeness (QED) is 0.775. The predicted molar refractivity (Wildman–Crippen MR) is 62.6 cm³/mol. The van der Waals surface area contributed by atoms with Crippen LogP contribution in [0.25, 0.3) is 11.0 Å². The molecular formula is C11H11N3S. The van der Waals surface area contributed by atoms with Gasteiger partial charge in [-0.05, 0) is 24.5 Å². The molecule has 0 atom stereocenters. The molecule has 1 heterocycles. The van der Waals surface area contributed by atoms with Crippen LogP contribution in [0.5, 0.6) is 0 Å². The normalized spacial score (nSPS) is 10.5. The van der Waals surface area contributed by atoms with Gasteiger partial charge in [-0.2, -0.15) is 17.0 Å². The Kier molecular flexibility index (Phi) is 2.65. The Hall–Kier alpha value is -1.47. The van der Waals surface area contributed by atoms with Gasteiger partial charge in [-0.25, -0.2) is 4.98 Å². The van der Waals surface area contributed by atoms with Crippen molar-refractivity contribution in [3.05, 3.63) is 29.6 Å². The van der Waals surface area contributed by atoms with Crippen molar-refractivity contribution in [2.45, 2.75) is 5.75 Å². The number of rotatable bonds is 2. The van der Waals surface area contributed by atoms with E-state index in [1.807, 2.05) is 25.2 Å². The molecule has 0 saturated heterocycles. The van der Waals surface area contributed by atoms with Gasteiger partial charge in [0.05, 0.1) is 28.4 Å². The highest BCUT2D eigenvalue weighted by Crippen LogP contribution is 2.18. The standard InChI is InChI=1S/C11H11N3S/c1-14-10-4-3-8(6-12)5-9(10)13-11(14)7-15-2/h3-5H,7H2,1-2H3. The summed E-state index contributed by atoms with van der Waals surface area (Å²) < 4.78 is 2.08. The number of hydrogen-bond acceptors (Lipinski definition) is 3. The monoisotopic (exact) mass is 217 g/mol. The molecule has 0 unspecified atom stereocenters. The van der Waals surface area contributed by atoms with Crippen LogP contribution in [0.1, 0.15) is 11.4 Å². The lowest BCUT2D eigenvalue weighted by atomic mass is 10.2. The lowest BCUT2D eigenvalue weighted by Gasteiger charge is -1.98. The molecule has 1 aromatic heterocycles. The molecule has 0 bridgehead atoms. The summed E-state index contributed by atoms with van der Waals surface area (Å²) in [5.41, 5.74) is 2.65. The van der Waals surface area contributed by atoms with Gasteiger partial charge in [-0.1, -0.05) is 0 Å². The maximum atomic E-state index is 8.79. The Morgan fingerprint density at radius 1 is 1.53 bits per heavy atom. The van der Waals surface area contributed by atoms with Gasteiger partial charge in [0.15, 0.2) is 0 Å². The van der Waals surface area contributed by atoms with Crippen LogP contribution in [-0.4, -0.2) is 15.8 Å². The van der Waals surface area contributed by atoms with Gasteiger partial charge in [0.1, 0.15) is 5.82 Å². The molecule has 0 N–H and O–H groups in total. The minimum atomic E-state index is 0.663. The number of hydrogen-bond donors (Lipinski definition) is 0. The van der Waals surface area contributed by atoms with E-state index in [1.165, 1.54) is 0 Å². The molecule has 0 spiro atoms. The van der Waals surface area contributed by atoms with E-state index >= 15 is 0 Å². The molecule has 0 amide bonds. The van der Waals surface area contributed by atoms with E-state index in [2.05, 4.69) is 21.9 Å². The summed E-state index contributed by atoms with van der Waals surface area (Å²) >= 11 is 1.75. The van der Waals surface area contributed by atoms with E-state index in [0.717, 1.165) is 22.6 Å². The van der Waals surface area contributed by atoms with E-state index in [1.54, 1.807) is 11.8 Å². The number of aryl methyl sites for hydroxylation is 1. The van der Waals surface area contributed by atoms with Crippen molar-refractivity contribution in [1.82, 2.24) is 9.55 Å². The number of nitrogens with zero attached hydrogens (tertiary/aromatic N) is 3. The Labute approximate surface area is 92.7 Å². The van der Waals surface area contributed by atoms with Gasteiger partial charge in [0.25, 0.3) is 0 Å². The highest BCUT2D eigenvalue weighted by atomic mass is 32.2. The van der Waals surface area contributed by atoms with Crippen molar-refractivity contribution in [1.29, 1.82) is 5.26 Å². The fraction of sp³-hybridized carbons (Fsp3) is 0.273. The third-order valence-corrected chi connectivity index (χ3v) is 2.92. The van der Waals surface area contributed by atoms with Crippen molar-refractivity contribution in [3.63, 3.8) is 0 Å². The van der Waals surface area contributed by atoms with E-state index < -0.39 is 0 Å². The van der Waals surface area contributed by atoms with Crippen molar-refractivity contribution in [2.24, 2.45) is 7.05 Å². The summed E-state index contributed by atoms with van der Waals surface area (Å²) in [5, 5.41) is 8.79. The van der Waals surface area contributed by atoms with Crippen molar-refractivity contribution in [3.8, 4) is 6.07 Å². The van der Waals surface area contributed by atoms with Gasteiger partial charge in [0, 0.05) is 7.05 Å². The van der Waals surface area contributed by atoms with Gasteiger partial charge in [-0.3, -0.25) is 0 Å². The fourth-order valence-corrected chi connectivity index (χ4v) is 2.09. The van der Waals surface area contributed by atoms with Crippen LogP contribution in [0.3, 0.4) is 0 Å². The first-order chi connectivity index (χ1) is 7.26. The Balaban J connectivity index is 2.61. The Morgan fingerprint density at radius 3 is 3.00 bits per heavy atom. The van der Waals surface area contributed by atoms with Gasteiger partial charge < -0.3 is 4.57 Å². The van der Waals surface area contributed by atoms with Crippen LogP contribution in [0.4, 0.5) is 0 Å². The molecule has 76 valence electrons. The summed E-state index contributed by atoms with van der Waals surface area (Å²) in [4.78, 5) is 4.50. The Morgan fingerprint density at radius 2 is 2.33 bits per heavy atom. The lowest BCUT2D eigenvalue weighted by Crippen LogP contribution is -1.94. The summed E-state index contributed by atoms with van der Waals surface area (Å²) in [6, 6.07) is 7.73.